The molecule has 90 valence electrons. The topological polar surface area (TPSA) is 21.6 Å². The average Bonchev–Trinajstić information content (AvgIpc) is 2.84. The molecular formula is C14H16INO. The maximum Gasteiger partial charge on any atom is 0.216 e. The monoisotopic (exact) mass is 341 g/mol. The van der Waals surface area contributed by atoms with Gasteiger partial charge in [-0.2, -0.15) is 0 Å². The van der Waals surface area contributed by atoms with Crippen LogP contribution < -0.4 is 0 Å². The Morgan fingerprint density at radius 1 is 1.41 bits per heavy atom. The number of nitrogens with zero attached hydrogens (tertiary/aromatic N) is 1. The van der Waals surface area contributed by atoms with Crippen molar-refractivity contribution >= 4 is 34.1 Å². The van der Waals surface area contributed by atoms with E-state index in [0.717, 1.165) is 18.0 Å². The van der Waals surface area contributed by atoms with Crippen LogP contribution in [0.25, 0.3) is 5.57 Å². The van der Waals surface area contributed by atoms with Crippen molar-refractivity contribution in [2.45, 2.75) is 20.8 Å². The van der Waals surface area contributed by atoms with E-state index in [9.17, 15) is 0 Å². The lowest BCUT2D eigenvalue weighted by atomic mass is 10.0. The molecule has 0 spiro atoms. The Morgan fingerprint density at radius 3 is 2.76 bits per heavy atom. The van der Waals surface area contributed by atoms with E-state index in [-0.39, 0.29) is 0 Å². The summed E-state index contributed by atoms with van der Waals surface area (Å²) in [5.74, 6) is 0.786. The van der Waals surface area contributed by atoms with Crippen LogP contribution in [-0.2, 0) is 4.74 Å². The van der Waals surface area contributed by atoms with Crippen LogP contribution in [0.2, 0.25) is 0 Å². The Bertz CT molecular complexity index is 503. The molecule has 2 nitrogen and oxygen atoms in total. The summed E-state index contributed by atoms with van der Waals surface area (Å²) < 4.78 is 6.85. The third kappa shape index (κ3) is 2.39. The van der Waals surface area contributed by atoms with Gasteiger partial charge in [0.2, 0.25) is 5.90 Å². The molecule has 1 aromatic carbocycles. The van der Waals surface area contributed by atoms with E-state index in [2.05, 4.69) is 59.6 Å². The third-order valence-electron chi connectivity index (χ3n) is 3.05. The molecule has 0 aromatic heterocycles. The fraction of sp³-hybridized carbons (Fsp3) is 0.357. The summed E-state index contributed by atoms with van der Waals surface area (Å²) in [7, 11) is 0. The van der Waals surface area contributed by atoms with Crippen molar-refractivity contribution in [3.63, 3.8) is 0 Å². The van der Waals surface area contributed by atoms with Crippen molar-refractivity contribution in [3.05, 3.63) is 38.5 Å². The summed E-state index contributed by atoms with van der Waals surface area (Å²) in [6.45, 7) is 7.80. The van der Waals surface area contributed by atoms with E-state index in [1.807, 2.05) is 6.92 Å². The molecule has 0 saturated carbocycles. The molecule has 0 radical (unpaired) electrons. The number of benzene rings is 1. The average molecular weight is 341 g/mol. The quantitative estimate of drug-likeness (QED) is 0.751. The number of aliphatic imine (C=N–C) groups is 1. The largest absolute Gasteiger partial charge is 0.476 e. The lowest BCUT2D eigenvalue weighted by Crippen LogP contribution is -2.05. The zero-order valence-corrected chi connectivity index (χ0v) is 12.5. The van der Waals surface area contributed by atoms with Gasteiger partial charge in [-0.15, -0.1) is 0 Å². The molecule has 0 aliphatic carbocycles. The van der Waals surface area contributed by atoms with Crippen molar-refractivity contribution in [3.8, 4) is 0 Å². The van der Waals surface area contributed by atoms with Crippen molar-refractivity contribution in [2.24, 2.45) is 4.99 Å². The van der Waals surface area contributed by atoms with Gasteiger partial charge in [-0.3, -0.25) is 0 Å². The van der Waals surface area contributed by atoms with Crippen molar-refractivity contribution in [1.82, 2.24) is 0 Å². The highest BCUT2D eigenvalue weighted by Gasteiger charge is 2.17. The summed E-state index contributed by atoms with van der Waals surface area (Å²) in [4.78, 5) is 4.40. The van der Waals surface area contributed by atoms with Gasteiger partial charge in [0.05, 0.1) is 6.54 Å². The minimum absolute atomic E-state index is 0.702. The summed E-state index contributed by atoms with van der Waals surface area (Å²) in [5.41, 5.74) is 4.98. The van der Waals surface area contributed by atoms with E-state index in [4.69, 9.17) is 4.74 Å². The van der Waals surface area contributed by atoms with E-state index in [0.29, 0.717) is 6.61 Å². The van der Waals surface area contributed by atoms with E-state index < -0.39 is 0 Å². The van der Waals surface area contributed by atoms with Crippen molar-refractivity contribution < 1.29 is 4.74 Å². The number of hydrogen-bond donors (Lipinski definition) is 0. The van der Waals surface area contributed by atoms with Crippen LogP contribution in [-0.4, -0.2) is 19.0 Å². The van der Waals surface area contributed by atoms with Crippen molar-refractivity contribution in [1.29, 1.82) is 0 Å². The van der Waals surface area contributed by atoms with Crippen LogP contribution in [0.4, 0.5) is 0 Å². The molecule has 0 unspecified atom stereocenters. The maximum atomic E-state index is 5.56. The van der Waals surface area contributed by atoms with Gasteiger partial charge in [0.15, 0.2) is 0 Å². The van der Waals surface area contributed by atoms with Crippen LogP contribution in [0, 0.1) is 17.4 Å². The Hall–Kier alpha value is -0.840. The van der Waals surface area contributed by atoms with E-state index >= 15 is 0 Å². The minimum atomic E-state index is 0.702. The van der Waals surface area contributed by atoms with Crippen LogP contribution in [0.5, 0.6) is 0 Å². The molecule has 0 atom stereocenters. The van der Waals surface area contributed by atoms with Gasteiger partial charge >= 0.3 is 0 Å². The summed E-state index contributed by atoms with van der Waals surface area (Å²) >= 11 is 2.40. The van der Waals surface area contributed by atoms with Crippen LogP contribution in [0.3, 0.4) is 0 Å². The summed E-state index contributed by atoms with van der Waals surface area (Å²) in [6, 6.07) is 4.31. The Balaban J connectivity index is 2.49. The normalized spacial score (nSPS) is 15.8. The highest BCUT2D eigenvalue weighted by Crippen LogP contribution is 2.28. The first kappa shape index (κ1) is 12.6. The SMILES string of the molecule is C/C=C(/C1=NCCO1)c1ccc(C)c(C)c1I. The Kier molecular flexibility index (Phi) is 3.86. The van der Waals surface area contributed by atoms with Gasteiger partial charge in [-0.25, -0.2) is 4.99 Å². The number of allylic oxidation sites excluding steroid dienone is 1. The molecule has 1 aliphatic rings. The number of rotatable bonds is 2. The number of halogens is 1. The molecule has 0 N–H and O–H groups in total. The molecule has 0 fully saturated rings. The molecule has 0 saturated heterocycles. The molecular weight excluding hydrogens is 325 g/mol. The molecule has 1 aliphatic heterocycles. The molecule has 1 aromatic rings. The smallest absolute Gasteiger partial charge is 0.216 e. The van der Waals surface area contributed by atoms with Gasteiger partial charge in [0, 0.05) is 14.7 Å². The number of ether oxygens (including phenoxy) is 1. The van der Waals surface area contributed by atoms with Crippen molar-refractivity contribution in [2.75, 3.05) is 13.2 Å². The summed E-state index contributed by atoms with van der Waals surface area (Å²) in [5, 5.41) is 0. The van der Waals surface area contributed by atoms with Gasteiger partial charge in [-0.1, -0.05) is 18.2 Å². The molecule has 0 bridgehead atoms. The second-order valence-electron chi connectivity index (χ2n) is 4.11. The first-order chi connectivity index (χ1) is 8.15. The molecule has 17 heavy (non-hydrogen) atoms. The van der Waals surface area contributed by atoms with Crippen LogP contribution in [0.1, 0.15) is 23.6 Å². The van der Waals surface area contributed by atoms with Gasteiger partial charge in [0.1, 0.15) is 6.61 Å². The summed E-state index contributed by atoms with van der Waals surface area (Å²) in [6.07, 6.45) is 2.08. The van der Waals surface area contributed by atoms with Crippen LogP contribution in [0.15, 0.2) is 23.2 Å². The Morgan fingerprint density at radius 2 is 2.18 bits per heavy atom. The highest BCUT2D eigenvalue weighted by atomic mass is 127. The first-order valence-corrected chi connectivity index (χ1v) is 6.83. The number of hydrogen-bond acceptors (Lipinski definition) is 2. The van der Waals surface area contributed by atoms with Gasteiger partial charge in [-0.05, 0) is 54.5 Å². The number of aryl methyl sites for hydroxylation is 1. The van der Waals surface area contributed by atoms with Crippen LogP contribution >= 0.6 is 22.6 Å². The predicted octanol–water partition coefficient (Wildman–Crippen LogP) is 3.74. The molecule has 3 heteroatoms. The first-order valence-electron chi connectivity index (χ1n) is 5.75. The molecule has 1 heterocycles. The highest BCUT2D eigenvalue weighted by molar-refractivity contribution is 14.1. The molecule has 2 rings (SSSR count). The Labute approximate surface area is 116 Å². The molecule has 0 amide bonds. The zero-order valence-electron chi connectivity index (χ0n) is 10.4. The maximum absolute atomic E-state index is 5.56. The third-order valence-corrected chi connectivity index (χ3v) is 4.44. The van der Waals surface area contributed by atoms with Gasteiger partial charge in [0.25, 0.3) is 0 Å². The minimum Gasteiger partial charge on any atom is -0.476 e. The van der Waals surface area contributed by atoms with Gasteiger partial charge < -0.3 is 4.74 Å². The van der Waals surface area contributed by atoms with E-state index in [1.54, 1.807) is 0 Å². The zero-order chi connectivity index (χ0) is 12.4. The standard InChI is InChI=1S/C14H16INO/c1-4-11(14-16-7-8-17-14)12-6-5-9(2)10(3)13(12)15/h4-6H,7-8H2,1-3H3/b11-4+. The second-order valence-corrected chi connectivity index (χ2v) is 5.19. The second kappa shape index (κ2) is 5.21. The lowest BCUT2D eigenvalue weighted by molar-refractivity contribution is 0.351. The fourth-order valence-corrected chi connectivity index (χ4v) is 2.78. The lowest BCUT2D eigenvalue weighted by Gasteiger charge is -2.13. The van der Waals surface area contributed by atoms with E-state index in [1.165, 1.54) is 20.3 Å². The fourth-order valence-electron chi connectivity index (χ4n) is 1.88. The predicted molar refractivity (Wildman–Crippen MR) is 80.5 cm³/mol.